The Morgan fingerprint density at radius 1 is 0.840 bits per heavy atom. The summed E-state index contributed by atoms with van der Waals surface area (Å²) in [5.41, 5.74) is 2.66. The lowest BCUT2D eigenvalue weighted by Gasteiger charge is -2.23. The van der Waals surface area contributed by atoms with Gasteiger partial charge in [-0.05, 0) is 47.5 Å². The van der Waals surface area contributed by atoms with Crippen molar-refractivity contribution in [1.29, 1.82) is 0 Å². The molecule has 2 unspecified atom stereocenters. The van der Waals surface area contributed by atoms with E-state index in [0.717, 1.165) is 16.8 Å². The van der Waals surface area contributed by atoms with Crippen molar-refractivity contribution in [3.63, 3.8) is 0 Å². The number of nitrogens with one attached hydrogen (secondary N) is 1. The molecule has 0 spiro atoms. The highest BCUT2D eigenvalue weighted by Crippen LogP contribution is 2.30. The summed E-state index contributed by atoms with van der Waals surface area (Å²) in [7, 11) is 0. The number of hydrogen-bond acceptors (Lipinski definition) is 2. The Morgan fingerprint density at radius 2 is 1.48 bits per heavy atom. The van der Waals surface area contributed by atoms with Crippen LogP contribution in [-0.4, -0.2) is 5.11 Å². The third kappa shape index (κ3) is 4.81. The summed E-state index contributed by atoms with van der Waals surface area (Å²) in [6.45, 7) is 0. The van der Waals surface area contributed by atoms with Gasteiger partial charge in [0, 0.05) is 17.1 Å². The van der Waals surface area contributed by atoms with Gasteiger partial charge in [-0.15, -0.1) is 0 Å². The number of benzene rings is 3. The summed E-state index contributed by atoms with van der Waals surface area (Å²) in [6.07, 6.45) is -0.141. The zero-order valence-corrected chi connectivity index (χ0v) is 14.3. The largest absolute Gasteiger partial charge is 0.388 e. The summed E-state index contributed by atoms with van der Waals surface area (Å²) in [5, 5.41) is 14.6. The third-order valence-electron chi connectivity index (χ3n) is 4.10. The van der Waals surface area contributed by atoms with Crippen molar-refractivity contribution in [3.05, 3.63) is 101 Å². The molecule has 0 radical (unpaired) electrons. The highest BCUT2D eigenvalue weighted by Gasteiger charge is 2.18. The summed E-state index contributed by atoms with van der Waals surface area (Å²) >= 11 is 5.98. The fraction of sp³-hybridized carbons (Fsp3) is 0.143. The van der Waals surface area contributed by atoms with Crippen LogP contribution >= 0.6 is 11.6 Å². The van der Waals surface area contributed by atoms with Crippen molar-refractivity contribution in [2.45, 2.75) is 18.6 Å². The normalized spacial score (nSPS) is 13.2. The van der Waals surface area contributed by atoms with E-state index in [-0.39, 0.29) is 11.9 Å². The lowest BCUT2D eigenvalue weighted by atomic mass is 9.96. The van der Waals surface area contributed by atoms with Gasteiger partial charge in [0.15, 0.2) is 0 Å². The standard InChI is InChI=1S/C21H19ClFNO/c22-17-8-6-15(7-9-17)20(24-19-12-10-18(23)11-13-19)14-21(25)16-4-2-1-3-5-16/h1-13,20-21,24-25H,14H2. The van der Waals surface area contributed by atoms with Crippen LogP contribution in [0, 0.1) is 5.82 Å². The average molecular weight is 356 g/mol. The molecule has 0 saturated heterocycles. The number of aliphatic hydroxyl groups is 1. The van der Waals surface area contributed by atoms with Crippen molar-refractivity contribution >= 4 is 17.3 Å². The second-order valence-electron chi connectivity index (χ2n) is 5.92. The Balaban J connectivity index is 1.83. The zero-order chi connectivity index (χ0) is 17.6. The predicted octanol–water partition coefficient (Wildman–Crippen LogP) is 5.76. The van der Waals surface area contributed by atoms with Crippen molar-refractivity contribution < 1.29 is 9.50 Å². The Morgan fingerprint density at radius 3 is 2.12 bits per heavy atom. The van der Waals surface area contributed by atoms with Crippen LogP contribution in [0.5, 0.6) is 0 Å². The van der Waals surface area contributed by atoms with Gasteiger partial charge in [-0.3, -0.25) is 0 Å². The molecule has 0 fully saturated rings. The van der Waals surface area contributed by atoms with Crippen LogP contribution in [0.1, 0.15) is 29.7 Å². The van der Waals surface area contributed by atoms with Gasteiger partial charge >= 0.3 is 0 Å². The molecule has 3 rings (SSSR count). The highest BCUT2D eigenvalue weighted by molar-refractivity contribution is 6.30. The molecule has 0 bridgehead atoms. The molecular formula is C21H19ClFNO. The van der Waals surface area contributed by atoms with Crippen molar-refractivity contribution in [2.75, 3.05) is 5.32 Å². The molecule has 128 valence electrons. The zero-order valence-electron chi connectivity index (χ0n) is 13.6. The first-order chi connectivity index (χ1) is 12.1. The number of rotatable bonds is 6. The van der Waals surface area contributed by atoms with Crippen LogP contribution < -0.4 is 5.32 Å². The number of halogens is 2. The molecule has 0 aliphatic rings. The molecule has 0 aromatic heterocycles. The SMILES string of the molecule is OC(CC(Nc1ccc(F)cc1)c1ccc(Cl)cc1)c1ccccc1. The summed E-state index contributed by atoms with van der Waals surface area (Å²) in [6, 6.07) is 23.1. The Labute approximate surface area is 151 Å². The van der Waals surface area contributed by atoms with E-state index in [0.29, 0.717) is 11.4 Å². The molecule has 2 N–H and O–H groups in total. The molecular weight excluding hydrogens is 337 g/mol. The molecule has 0 aliphatic heterocycles. The van der Waals surface area contributed by atoms with E-state index in [1.807, 2.05) is 54.6 Å². The van der Waals surface area contributed by atoms with Crippen LogP contribution in [0.15, 0.2) is 78.9 Å². The summed E-state index contributed by atoms with van der Waals surface area (Å²) in [4.78, 5) is 0. The van der Waals surface area contributed by atoms with Gasteiger partial charge in [-0.25, -0.2) is 4.39 Å². The number of hydrogen-bond donors (Lipinski definition) is 2. The minimum Gasteiger partial charge on any atom is -0.388 e. The van der Waals surface area contributed by atoms with Gasteiger partial charge < -0.3 is 10.4 Å². The second-order valence-corrected chi connectivity index (χ2v) is 6.35. The summed E-state index contributed by atoms with van der Waals surface area (Å²) in [5.74, 6) is -0.280. The quantitative estimate of drug-likeness (QED) is 0.589. The first-order valence-corrected chi connectivity index (χ1v) is 8.50. The van der Waals surface area contributed by atoms with Crippen molar-refractivity contribution in [1.82, 2.24) is 0 Å². The van der Waals surface area contributed by atoms with Gasteiger partial charge in [0.1, 0.15) is 5.82 Å². The van der Waals surface area contributed by atoms with Crippen LogP contribution in [0.25, 0.3) is 0 Å². The van der Waals surface area contributed by atoms with Gasteiger partial charge in [-0.2, -0.15) is 0 Å². The van der Waals surface area contributed by atoms with Crippen LogP contribution in [-0.2, 0) is 0 Å². The van der Waals surface area contributed by atoms with Gasteiger partial charge in [0.25, 0.3) is 0 Å². The fourth-order valence-corrected chi connectivity index (χ4v) is 2.88. The molecule has 0 heterocycles. The van der Waals surface area contributed by atoms with E-state index in [1.54, 1.807) is 12.1 Å². The smallest absolute Gasteiger partial charge is 0.123 e. The Hall–Kier alpha value is -2.36. The van der Waals surface area contributed by atoms with E-state index in [9.17, 15) is 9.50 Å². The first-order valence-electron chi connectivity index (χ1n) is 8.12. The highest BCUT2D eigenvalue weighted by atomic mass is 35.5. The van der Waals surface area contributed by atoms with E-state index < -0.39 is 6.10 Å². The first kappa shape index (κ1) is 17.5. The van der Waals surface area contributed by atoms with Crippen molar-refractivity contribution in [2.24, 2.45) is 0 Å². The van der Waals surface area contributed by atoms with Gasteiger partial charge in [0.2, 0.25) is 0 Å². The lowest BCUT2D eigenvalue weighted by molar-refractivity contribution is 0.160. The van der Waals surface area contributed by atoms with E-state index >= 15 is 0 Å². The van der Waals surface area contributed by atoms with Crippen LogP contribution in [0.3, 0.4) is 0 Å². The van der Waals surface area contributed by atoms with E-state index in [1.165, 1.54) is 12.1 Å². The lowest BCUT2D eigenvalue weighted by Crippen LogP contribution is -2.15. The molecule has 2 atom stereocenters. The minimum atomic E-state index is -0.616. The molecule has 3 aromatic rings. The maximum atomic E-state index is 13.1. The number of aliphatic hydroxyl groups excluding tert-OH is 1. The molecule has 0 aliphatic carbocycles. The Bertz CT molecular complexity index is 790. The van der Waals surface area contributed by atoms with Crippen LogP contribution in [0.4, 0.5) is 10.1 Å². The number of anilines is 1. The second kappa shape index (κ2) is 8.15. The molecule has 25 heavy (non-hydrogen) atoms. The Kier molecular flexibility index (Phi) is 5.69. The monoisotopic (exact) mass is 355 g/mol. The molecule has 2 nitrogen and oxygen atoms in total. The molecule has 0 amide bonds. The van der Waals surface area contributed by atoms with E-state index in [4.69, 9.17) is 11.6 Å². The van der Waals surface area contributed by atoms with Crippen molar-refractivity contribution in [3.8, 4) is 0 Å². The maximum Gasteiger partial charge on any atom is 0.123 e. The fourth-order valence-electron chi connectivity index (χ4n) is 2.76. The maximum absolute atomic E-state index is 13.1. The molecule has 3 aromatic carbocycles. The van der Waals surface area contributed by atoms with E-state index in [2.05, 4.69) is 5.32 Å². The predicted molar refractivity (Wildman–Crippen MR) is 100 cm³/mol. The average Bonchev–Trinajstić information content (AvgIpc) is 2.64. The summed E-state index contributed by atoms with van der Waals surface area (Å²) < 4.78 is 13.1. The topological polar surface area (TPSA) is 32.3 Å². The molecule has 4 heteroatoms. The van der Waals surface area contributed by atoms with Crippen LogP contribution in [0.2, 0.25) is 5.02 Å². The third-order valence-corrected chi connectivity index (χ3v) is 4.35. The molecule has 0 saturated carbocycles. The van der Waals surface area contributed by atoms with Gasteiger partial charge in [-0.1, -0.05) is 54.1 Å². The van der Waals surface area contributed by atoms with Gasteiger partial charge in [0.05, 0.1) is 12.1 Å². The minimum absolute atomic E-state index is 0.141.